The molecule has 0 aliphatic carbocycles. The fourth-order valence-corrected chi connectivity index (χ4v) is 2.92. The largest absolute Gasteiger partial charge is 0.491 e. The minimum atomic E-state index is 0.121. The third kappa shape index (κ3) is 5.01. The van der Waals surface area contributed by atoms with Gasteiger partial charge in [0, 0.05) is 11.8 Å². The van der Waals surface area contributed by atoms with Crippen molar-refractivity contribution in [2.75, 3.05) is 5.32 Å². The standard InChI is InChI=1S/C17H18N4O2S2/c1-11(2)22-13-6-3-5-12(9-13)19-17(24)18-10-15-20-16(21-23-15)14-7-4-8-25-14/h3-9,11H,10H2,1-2H3,(H2,18,19,24). The maximum Gasteiger partial charge on any atom is 0.246 e. The van der Waals surface area contributed by atoms with Gasteiger partial charge >= 0.3 is 0 Å². The van der Waals surface area contributed by atoms with E-state index in [9.17, 15) is 0 Å². The minimum absolute atomic E-state index is 0.121. The molecule has 2 N–H and O–H groups in total. The normalized spacial score (nSPS) is 10.7. The van der Waals surface area contributed by atoms with Crippen molar-refractivity contribution in [3.05, 3.63) is 47.7 Å². The number of anilines is 1. The monoisotopic (exact) mass is 374 g/mol. The maximum atomic E-state index is 5.67. The van der Waals surface area contributed by atoms with E-state index >= 15 is 0 Å². The number of hydrogen-bond donors (Lipinski definition) is 2. The molecule has 3 rings (SSSR count). The van der Waals surface area contributed by atoms with E-state index in [0.29, 0.717) is 23.4 Å². The zero-order chi connectivity index (χ0) is 17.6. The smallest absolute Gasteiger partial charge is 0.246 e. The molecule has 2 aromatic heterocycles. The Morgan fingerprint density at radius 2 is 2.20 bits per heavy atom. The highest BCUT2D eigenvalue weighted by atomic mass is 32.1. The van der Waals surface area contributed by atoms with Crippen LogP contribution in [0.1, 0.15) is 19.7 Å². The van der Waals surface area contributed by atoms with E-state index in [1.807, 2.05) is 55.6 Å². The SMILES string of the molecule is CC(C)Oc1cccc(NC(=S)NCc2nc(-c3cccs3)no2)c1. The van der Waals surface area contributed by atoms with Gasteiger partial charge in [-0.3, -0.25) is 0 Å². The van der Waals surface area contributed by atoms with Crippen molar-refractivity contribution in [2.24, 2.45) is 0 Å². The van der Waals surface area contributed by atoms with E-state index in [0.717, 1.165) is 16.3 Å². The molecule has 0 unspecified atom stereocenters. The first kappa shape index (κ1) is 17.4. The molecule has 130 valence electrons. The quantitative estimate of drug-likeness (QED) is 0.630. The lowest BCUT2D eigenvalue weighted by Crippen LogP contribution is -2.28. The minimum Gasteiger partial charge on any atom is -0.491 e. The fraction of sp³-hybridized carbons (Fsp3) is 0.235. The van der Waals surface area contributed by atoms with Crippen molar-refractivity contribution < 1.29 is 9.26 Å². The van der Waals surface area contributed by atoms with Crippen LogP contribution in [-0.2, 0) is 6.54 Å². The second-order valence-corrected chi connectivity index (χ2v) is 6.85. The molecule has 0 aliphatic heterocycles. The van der Waals surface area contributed by atoms with Crippen molar-refractivity contribution in [1.29, 1.82) is 0 Å². The van der Waals surface area contributed by atoms with Crippen LogP contribution in [0.3, 0.4) is 0 Å². The summed E-state index contributed by atoms with van der Waals surface area (Å²) in [5.74, 6) is 1.86. The van der Waals surface area contributed by atoms with E-state index in [1.165, 1.54) is 0 Å². The molecule has 3 aromatic rings. The van der Waals surface area contributed by atoms with Gasteiger partial charge in [-0.1, -0.05) is 17.3 Å². The van der Waals surface area contributed by atoms with E-state index in [1.54, 1.807) is 11.3 Å². The number of rotatable bonds is 6. The first-order valence-electron chi connectivity index (χ1n) is 7.78. The molecule has 1 aromatic carbocycles. The van der Waals surface area contributed by atoms with Crippen LogP contribution < -0.4 is 15.4 Å². The lowest BCUT2D eigenvalue weighted by Gasteiger charge is -2.12. The molecule has 0 radical (unpaired) electrons. The van der Waals surface area contributed by atoms with Gasteiger partial charge in [0.2, 0.25) is 11.7 Å². The number of hydrogen-bond acceptors (Lipinski definition) is 6. The van der Waals surface area contributed by atoms with E-state index in [4.69, 9.17) is 21.5 Å². The third-order valence-electron chi connectivity index (χ3n) is 3.07. The molecule has 0 bridgehead atoms. The maximum absolute atomic E-state index is 5.67. The summed E-state index contributed by atoms with van der Waals surface area (Å²) in [6.07, 6.45) is 0.121. The van der Waals surface area contributed by atoms with Crippen LogP contribution >= 0.6 is 23.6 Å². The first-order chi connectivity index (χ1) is 12.1. The zero-order valence-corrected chi connectivity index (χ0v) is 15.5. The summed E-state index contributed by atoms with van der Waals surface area (Å²) in [4.78, 5) is 5.31. The molecule has 0 atom stereocenters. The van der Waals surface area contributed by atoms with Crippen molar-refractivity contribution in [1.82, 2.24) is 15.5 Å². The van der Waals surface area contributed by atoms with Crippen molar-refractivity contribution in [3.8, 4) is 16.5 Å². The van der Waals surface area contributed by atoms with Gasteiger partial charge in [0.15, 0.2) is 5.11 Å². The van der Waals surface area contributed by atoms with Gasteiger partial charge in [0.25, 0.3) is 0 Å². The number of nitrogens with one attached hydrogen (secondary N) is 2. The van der Waals surface area contributed by atoms with Crippen molar-refractivity contribution in [2.45, 2.75) is 26.5 Å². The second kappa shape index (κ2) is 8.09. The van der Waals surface area contributed by atoms with Crippen molar-refractivity contribution in [3.63, 3.8) is 0 Å². The molecular formula is C17H18N4O2S2. The molecule has 2 heterocycles. The fourth-order valence-electron chi connectivity index (χ4n) is 2.08. The van der Waals surface area contributed by atoms with Crippen LogP contribution in [0.4, 0.5) is 5.69 Å². The average molecular weight is 374 g/mol. The second-order valence-electron chi connectivity index (χ2n) is 5.49. The lowest BCUT2D eigenvalue weighted by atomic mass is 10.3. The van der Waals surface area contributed by atoms with Crippen molar-refractivity contribution >= 4 is 34.4 Å². The van der Waals surface area contributed by atoms with Gasteiger partial charge in [-0.2, -0.15) is 4.98 Å². The van der Waals surface area contributed by atoms with E-state index in [-0.39, 0.29) is 6.10 Å². The molecule has 25 heavy (non-hydrogen) atoms. The number of benzene rings is 1. The first-order valence-corrected chi connectivity index (χ1v) is 9.07. The Morgan fingerprint density at radius 3 is 2.96 bits per heavy atom. The van der Waals surface area contributed by atoms with Gasteiger partial charge in [0.05, 0.1) is 17.5 Å². The third-order valence-corrected chi connectivity index (χ3v) is 4.19. The molecule has 0 saturated heterocycles. The highest BCUT2D eigenvalue weighted by molar-refractivity contribution is 7.80. The summed E-state index contributed by atoms with van der Waals surface area (Å²) in [6.45, 7) is 4.33. The number of thiocarbonyl (C=S) groups is 1. The molecule has 0 amide bonds. The summed E-state index contributed by atoms with van der Waals surface area (Å²) in [6, 6.07) is 11.5. The number of aromatic nitrogens is 2. The van der Waals surface area contributed by atoms with Gasteiger partial charge < -0.3 is 19.9 Å². The van der Waals surface area contributed by atoms with Gasteiger partial charge in [-0.15, -0.1) is 11.3 Å². The van der Waals surface area contributed by atoms with E-state index < -0.39 is 0 Å². The Kier molecular flexibility index (Phi) is 5.62. The highest BCUT2D eigenvalue weighted by Gasteiger charge is 2.09. The number of thiophene rings is 1. The Balaban J connectivity index is 1.53. The van der Waals surface area contributed by atoms with Gasteiger partial charge in [-0.05, 0) is 49.6 Å². The Morgan fingerprint density at radius 1 is 1.32 bits per heavy atom. The molecule has 0 saturated carbocycles. The average Bonchev–Trinajstić information content (AvgIpc) is 3.24. The van der Waals surface area contributed by atoms with Crippen LogP contribution in [0.5, 0.6) is 5.75 Å². The summed E-state index contributed by atoms with van der Waals surface area (Å²) in [5, 5.41) is 12.6. The summed E-state index contributed by atoms with van der Waals surface area (Å²) in [7, 11) is 0. The molecule has 8 heteroatoms. The Labute approximate surface area is 155 Å². The molecular weight excluding hydrogens is 356 g/mol. The van der Waals surface area contributed by atoms with E-state index in [2.05, 4.69) is 20.8 Å². The predicted octanol–water partition coefficient (Wildman–Crippen LogP) is 4.07. The van der Waals surface area contributed by atoms with Gasteiger partial charge in [-0.25, -0.2) is 0 Å². The van der Waals surface area contributed by atoms with Gasteiger partial charge in [0.1, 0.15) is 5.75 Å². The summed E-state index contributed by atoms with van der Waals surface area (Å²) >= 11 is 6.87. The van der Waals surface area contributed by atoms with Crippen LogP contribution in [0, 0.1) is 0 Å². The topological polar surface area (TPSA) is 72.2 Å². The molecule has 0 fully saturated rings. The van der Waals surface area contributed by atoms with Crippen LogP contribution in [0.25, 0.3) is 10.7 Å². The number of ether oxygens (including phenoxy) is 1. The van der Waals surface area contributed by atoms with Crippen LogP contribution in [-0.4, -0.2) is 21.4 Å². The molecule has 6 nitrogen and oxygen atoms in total. The Hall–Kier alpha value is -2.45. The highest BCUT2D eigenvalue weighted by Crippen LogP contribution is 2.21. The zero-order valence-electron chi connectivity index (χ0n) is 13.9. The Bertz CT molecular complexity index is 831. The molecule has 0 aliphatic rings. The summed E-state index contributed by atoms with van der Waals surface area (Å²) in [5.41, 5.74) is 0.848. The predicted molar refractivity (Wildman–Crippen MR) is 103 cm³/mol. The number of nitrogens with zero attached hydrogens (tertiary/aromatic N) is 2. The van der Waals surface area contributed by atoms with Crippen LogP contribution in [0.15, 0.2) is 46.3 Å². The van der Waals surface area contributed by atoms with Crippen LogP contribution in [0.2, 0.25) is 0 Å². The summed E-state index contributed by atoms with van der Waals surface area (Å²) < 4.78 is 10.9. The lowest BCUT2D eigenvalue weighted by molar-refractivity contribution is 0.242. The molecule has 0 spiro atoms.